The lowest BCUT2D eigenvalue weighted by atomic mass is 10.0. The van der Waals surface area contributed by atoms with Gasteiger partial charge in [0, 0.05) is 37.9 Å². The van der Waals surface area contributed by atoms with Crippen molar-refractivity contribution in [3.05, 3.63) is 70.7 Å². The first-order valence-electron chi connectivity index (χ1n) is 10.4. The molecule has 1 aromatic carbocycles. The summed E-state index contributed by atoms with van der Waals surface area (Å²) in [5.41, 5.74) is -1.51. The molecular weight excluding hydrogens is 437 g/mol. The SMILES string of the molecule is CC(C)(C(=O)N1CCN(c2cccc(C(F)(F)F)c2)CC1)n1nc(-c2ccco2)ccc1=O. The van der Waals surface area contributed by atoms with E-state index in [0.717, 1.165) is 16.8 Å². The summed E-state index contributed by atoms with van der Waals surface area (Å²) in [4.78, 5) is 29.3. The first-order chi connectivity index (χ1) is 15.6. The highest BCUT2D eigenvalue weighted by Gasteiger charge is 2.37. The molecule has 0 bridgehead atoms. The van der Waals surface area contributed by atoms with E-state index in [2.05, 4.69) is 5.10 Å². The van der Waals surface area contributed by atoms with Gasteiger partial charge >= 0.3 is 6.18 Å². The van der Waals surface area contributed by atoms with Crippen molar-refractivity contribution in [1.82, 2.24) is 14.7 Å². The molecule has 1 aliphatic heterocycles. The van der Waals surface area contributed by atoms with Crippen molar-refractivity contribution in [1.29, 1.82) is 0 Å². The second kappa shape index (κ2) is 8.42. The second-order valence-corrected chi connectivity index (χ2v) is 8.33. The fourth-order valence-electron chi connectivity index (χ4n) is 3.89. The lowest BCUT2D eigenvalue weighted by Gasteiger charge is -2.39. The number of amides is 1. The van der Waals surface area contributed by atoms with Crippen molar-refractivity contribution in [2.75, 3.05) is 31.1 Å². The van der Waals surface area contributed by atoms with Crippen molar-refractivity contribution in [3.8, 4) is 11.5 Å². The van der Waals surface area contributed by atoms with Crippen LogP contribution in [-0.4, -0.2) is 46.8 Å². The van der Waals surface area contributed by atoms with Crippen LogP contribution in [0.5, 0.6) is 0 Å². The van der Waals surface area contributed by atoms with E-state index in [9.17, 15) is 22.8 Å². The number of hydrogen-bond acceptors (Lipinski definition) is 5. The molecule has 33 heavy (non-hydrogen) atoms. The number of halogens is 3. The van der Waals surface area contributed by atoms with Gasteiger partial charge < -0.3 is 14.2 Å². The van der Waals surface area contributed by atoms with Crippen LogP contribution in [0.25, 0.3) is 11.5 Å². The highest BCUT2D eigenvalue weighted by molar-refractivity contribution is 5.84. The maximum absolute atomic E-state index is 13.3. The van der Waals surface area contributed by atoms with Crippen molar-refractivity contribution < 1.29 is 22.4 Å². The van der Waals surface area contributed by atoms with Crippen LogP contribution in [0.2, 0.25) is 0 Å². The summed E-state index contributed by atoms with van der Waals surface area (Å²) in [7, 11) is 0. The third-order valence-corrected chi connectivity index (χ3v) is 5.73. The van der Waals surface area contributed by atoms with Crippen molar-refractivity contribution in [3.63, 3.8) is 0 Å². The van der Waals surface area contributed by atoms with Gasteiger partial charge in [-0.25, -0.2) is 4.68 Å². The van der Waals surface area contributed by atoms with Crippen LogP contribution in [0.3, 0.4) is 0 Å². The van der Waals surface area contributed by atoms with Crippen LogP contribution in [0.15, 0.2) is 64.0 Å². The quantitative estimate of drug-likeness (QED) is 0.595. The van der Waals surface area contributed by atoms with Crippen molar-refractivity contribution >= 4 is 11.6 Å². The third kappa shape index (κ3) is 4.50. The molecule has 0 spiro atoms. The summed E-state index contributed by atoms with van der Waals surface area (Å²) in [6.07, 6.45) is -2.92. The lowest BCUT2D eigenvalue weighted by Crippen LogP contribution is -2.56. The topological polar surface area (TPSA) is 71.6 Å². The fraction of sp³-hybridized carbons (Fsp3) is 0.348. The Hall–Kier alpha value is -3.56. The molecule has 174 valence electrons. The number of hydrogen-bond donors (Lipinski definition) is 0. The Morgan fingerprint density at radius 1 is 1.00 bits per heavy atom. The van der Waals surface area contributed by atoms with Gasteiger partial charge in [-0.05, 0) is 50.2 Å². The van der Waals surface area contributed by atoms with Crippen molar-refractivity contribution in [2.24, 2.45) is 0 Å². The van der Waals surface area contributed by atoms with Crippen LogP contribution >= 0.6 is 0 Å². The fourth-order valence-corrected chi connectivity index (χ4v) is 3.89. The maximum Gasteiger partial charge on any atom is 0.416 e. The van der Waals surface area contributed by atoms with Gasteiger partial charge in [-0.15, -0.1) is 0 Å². The van der Waals surface area contributed by atoms with E-state index in [-0.39, 0.29) is 5.91 Å². The summed E-state index contributed by atoms with van der Waals surface area (Å²) >= 11 is 0. The molecule has 1 amide bonds. The highest BCUT2D eigenvalue weighted by atomic mass is 19.4. The van der Waals surface area contributed by atoms with Gasteiger partial charge in [-0.3, -0.25) is 9.59 Å². The molecule has 1 saturated heterocycles. The number of nitrogens with zero attached hydrogens (tertiary/aromatic N) is 4. The second-order valence-electron chi connectivity index (χ2n) is 8.33. The van der Waals surface area contributed by atoms with Crippen LogP contribution in [0.4, 0.5) is 18.9 Å². The standard InChI is InChI=1S/C23H23F3N4O3/c1-22(2,30-20(31)9-8-18(27-30)19-7-4-14-33-19)21(32)29-12-10-28(11-13-29)17-6-3-5-16(15-17)23(24,25)26/h3-9,14-15H,10-13H2,1-2H3. The molecule has 0 atom stereocenters. The molecule has 0 saturated carbocycles. The van der Waals surface area contributed by atoms with E-state index in [1.807, 2.05) is 4.90 Å². The van der Waals surface area contributed by atoms with E-state index in [1.54, 1.807) is 36.9 Å². The maximum atomic E-state index is 13.3. The molecule has 10 heteroatoms. The Bertz CT molecular complexity index is 1190. The minimum Gasteiger partial charge on any atom is -0.463 e. The summed E-state index contributed by atoms with van der Waals surface area (Å²) < 4.78 is 45.6. The average molecular weight is 460 g/mol. The van der Waals surface area contributed by atoms with Crippen LogP contribution < -0.4 is 10.5 Å². The first-order valence-corrected chi connectivity index (χ1v) is 10.4. The Kier molecular flexibility index (Phi) is 5.77. The number of carbonyl (C=O) groups is 1. The molecule has 1 fully saturated rings. The number of carbonyl (C=O) groups excluding carboxylic acids is 1. The summed E-state index contributed by atoms with van der Waals surface area (Å²) in [5.74, 6) is 0.180. The van der Waals surface area contributed by atoms with E-state index in [1.165, 1.54) is 24.5 Å². The van der Waals surface area contributed by atoms with Crippen LogP contribution in [0.1, 0.15) is 19.4 Å². The van der Waals surface area contributed by atoms with E-state index in [0.29, 0.717) is 43.3 Å². The number of benzene rings is 1. The van der Waals surface area contributed by atoms with E-state index >= 15 is 0 Å². The van der Waals surface area contributed by atoms with Crippen molar-refractivity contribution in [2.45, 2.75) is 25.6 Å². The van der Waals surface area contributed by atoms with Crippen LogP contribution in [0, 0.1) is 0 Å². The van der Waals surface area contributed by atoms with Gasteiger partial charge in [0.15, 0.2) is 5.76 Å². The molecule has 0 radical (unpaired) electrons. The van der Waals surface area contributed by atoms with Gasteiger partial charge in [-0.2, -0.15) is 18.3 Å². The van der Waals surface area contributed by atoms with Gasteiger partial charge in [0.1, 0.15) is 11.2 Å². The molecule has 7 nitrogen and oxygen atoms in total. The molecule has 1 aliphatic rings. The summed E-state index contributed by atoms with van der Waals surface area (Å²) in [6.45, 7) is 4.61. The predicted octanol–water partition coefficient (Wildman–Crippen LogP) is 3.61. The number of aromatic nitrogens is 2. The zero-order valence-corrected chi connectivity index (χ0v) is 18.2. The number of anilines is 1. The molecular formula is C23H23F3N4O3. The molecule has 0 N–H and O–H groups in total. The molecule has 3 heterocycles. The normalized spacial score (nSPS) is 15.1. The highest BCUT2D eigenvalue weighted by Crippen LogP contribution is 2.32. The smallest absolute Gasteiger partial charge is 0.416 e. The van der Waals surface area contributed by atoms with Crippen LogP contribution in [-0.2, 0) is 16.5 Å². The Morgan fingerprint density at radius 2 is 1.73 bits per heavy atom. The number of alkyl halides is 3. The van der Waals surface area contributed by atoms with Gasteiger partial charge in [0.05, 0.1) is 11.8 Å². The van der Waals surface area contributed by atoms with Gasteiger partial charge in [0.2, 0.25) is 5.91 Å². The Morgan fingerprint density at radius 3 is 2.36 bits per heavy atom. The summed E-state index contributed by atoms with van der Waals surface area (Å²) in [6, 6.07) is 11.4. The largest absolute Gasteiger partial charge is 0.463 e. The zero-order chi connectivity index (χ0) is 23.8. The minimum atomic E-state index is -4.41. The monoisotopic (exact) mass is 460 g/mol. The Balaban J connectivity index is 1.50. The lowest BCUT2D eigenvalue weighted by molar-refractivity contribution is -0.140. The Labute approximate surface area is 188 Å². The van der Waals surface area contributed by atoms with Gasteiger partial charge in [0.25, 0.3) is 5.56 Å². The average Bonchev–Trinajstić information content (AvgIpc) is 3.33. The first kappa shape index (κ1) is 22.6. The molecule has 0 aliphatic carbocycles. The van der Waals surface area contributed by atoms with Gasteiger partial charge in [-0.1, -0.05) is 6.07 Å². The summed E-state index contributed by atoms with van der Waals surface area (Å²) in [5, 5.41) is 4.34. The number of piperazine rings is 1. The zero-order valence-electron chi connectivity index (χ0n) is 18.2. The number of furan rings is 1. The molecule has 0 unspecified atom stereocenters. The number of rotatable bonds is 4. The third-order valence-electron chi connectivity index (χ3n) is 5.73. The molecule has 4 rings (SSSR count). The molecule has 2 aromatic heterocycles. The predicted molar refractivity (Wildman–Crippen MR) is 116 cm³/mol. The van der Waals surface area contributed by atoms with E-state index in [4.69, 9.17) is 4.42 Å². The van der Waals surface area contributed by atoms with E-state index < -0.39 is 22.8 Å². The molecule has 3 aromatic rings. The minimum absolute atomic E-state index is 0.294.